The highest BCUT2D eigenvalue weighted by atomic mass is 33.1. The predicted molar refractivity (Wildman–Crippen MR) is 96.7 cm³/mol. The van der Waals surface area contributed by atoms with E-state index in [9.17, 15) is 9.59 Å². The Balaban J connectivity index is 3.97. The molecule has 0 heterocycles. The minimum atomic E-state index is -0.573. The molecule has 6 nitrogen and oxygen atoms in total. The standard InChI is InChI=1S/C14H30N4O2S2/c1-13(2,3)17-11(19)9(15)7-21-22-8-10(16)12(20)18-14(4,5)6/h9-10H,7-8,15-16H2,1-6H3,(H,17,19)(H,18,20)/t9-,10-/m0/s1. The van der Waals surface area contributed by atoms with E-state index in [4.69, 9.17) is 11.5 Å². The molecule has 0 rings (SSSR count). The molecule has 0 radical (unpaired) electrons. The number of carbonyl (C=O) groups excluding carboxylic acids is 2. The molecule has 8 heteroatoms. The second kappa shape index (κ2) is 9.00. The minimum absolute atomic E-state index is 0.171. The first-order valence-electron chi connectivity index (χ1n) is 7.21. The number of nitrogens with one attached hydrogen (secondary N) is 2. The Labute approximate surface area is 141 Å². The topological polar surface area (TPSA) is 110 Å². The van der Waals surface area contributed by atoms with Crippen LogP contribution in [-0.2, 0) is 9.59 Å². The number of carbonyl (C=O) groups is 2. The first-order chi connectivity index (χ1) is 9.82. The van der Waals surface area contributed by atoms with Gasteiger partial charge in [0.1, 0.15) is 0 Å². The van der Waals surface area contributed by atoms with E-state index in [1.54, 1.807) is 0 Å². The van der Waals surface area contributed by atoms with Crippen LogP contribution in [0.15, 0.2) is 0 Å². The lowest BCUT2D eigenvalue weighted by Crippen LogP contribution is -2.50. The second-order valence-electron chi connectivity index (χ2n) is 7.26. The van der Waals surface area contributed by atoms with Crippen molar-refractivity contribution in [2.45, 2.75) is 64.7 Å². The van der Waals surface area contributed by atoms with Crippen molar-refractivity contribution < 1.29 is 9.59 Å². The van der Waals surface area contributed by atoms with Crippen LogP contribution in [0.3, 0.4) is 0 Å². The Hall–Kier alpha value is -0.440. The summed E-state index contributed by atoms with van der Waals surface area (Å²) in [4.78, 5) is 23.6. The van der Waals surface area contributed by atoms with E-state index in [0.29, 0.717) is 11.5 Å². The summed E-state index contributed by atoms with van der Waals surface area (Å²) >= 11 is 0. The van der Waals surface area contributed by atoms with Crippen molar-refractivity contribution in [2.75, 3.05) is 11.5 Å². The fourth-order valence-electron chi connectivity index (χ4n) is 1.32. The average Bonchev–Trinajstić information content (AvgIpc) is 2.29. The van der Waals surface area contributed by atoms with Crippen LogP contribution in [0.2, 0.25) is 0 Å². The molecule has 0 aromatic carbocycles. The summed E-state index contributed by atoms with van der Waals surface area (Å²) in [6.45, 7) is 11.5. The fourth-order valence-corrected chi connectivity index (χ4v) is 3.56. The largest absolute Gasteiger partial charge is 0.350 e. The first-order valence-corrected chi connectivity index (χ1v) is 9.70. The molecule has 22 heavy (non-hydrogen) atoms. The SMILES string of the molecule is CC(C)(C)NC(=O)[C@@H](N)CSSC[C@H](N)C(=O)NC(C)(C)C. The third kappa shape index (κ3) is 11.2. The Morgan fingerprint density at radius 3 is 1.32 bits per heavy atom. The smallest absolute Gasteiger partial charge is 0.238 e. The van der Waals surface area contributed by atoms with Crippen molar-refractivity contribution in [1.29, 1.82) is 0 Å². The molecule has 0 aliphatic heterocycles. The van der Waals surface area contributed by atoms with Gasteiger partial charge in [0.25, 0.3) is 0 Å². The van der Waals surface area contributed by atoms with Crippen LogP contribution in [0.5, 0.6) is 0 Å². The summed E-state index contributed by atoms with van der Waals surface area (Å²) in [6, 6.07) is -1.15. The number of hydrogen-bond acceptors (Lipinski definition) is 6. The van der Waals surface area contributed by atoms with Gasteiger partial charge in [-0.3, -0.25) is 9.59 Å². The molecule has 2 atom stereocenters. The van der Waals surface area contributed by atoms with Crippen molar-refractivity contribution in [1.82, 2.24) is 10.6 Å². The lowest BCUT2D eigenvalue weighted by atomic mass is 10.1. The zero-order valence-corrected chi connectivity index (χ0v) is 16.0. The van der Waals surface area contributed by atoms with Gasteiger partial charge in [-0.2, -0.15) is 0 Å². The van der Waals surface area contributed by atoms with Crippen LogP contribution in [0.1, 0.15) is 41.5 Å². The van der Waals surface area contributed by atoms with Crippen molar-refractivity contribution in [3.05, 3.63) is 0 Å². The van der Waals surface area contributed by atoms with Crippen LogP contribution in [-0.4, -0.2) is 46.5 Å². The van der Waals surface area contributed by atoms with Gasteiger partial charge in [0.2, 0.25) is 11.8 Å². The Morgan fingerprint density at radius 1 is 0.818 bits per heavy atom. The number of nitrogens with two attached hydrogens (primary N) is 2. The van der Waals surface area contributed by atoms with E-state index < -0.39 is 12.1 Å². The maximum atomic E-state index is 11.8. The summed E-state index contributed by atoms with van der Waals surface area (Å²) in [5, 5.41) is 5.67. The van der Waals surface area contributed by atoms with Gasteiger partial charge >= 0.3 is 0 Å². The normalized spacial score (nSPS) is 15.1. The monoisotopic (exact) mass is 350 g/mol. The highest BCUT2D eigenvalue weighted by molar-refractivity contribution is 8.76. The summed E-state index contributed by atoms with van der Waals surface area (Å²) in [6.07, 6.45) is 0. The molecular formula is C14H30N4O2S2. The van der Waals surface area contributed by atoms with E-state index in [1.807, 2.05) is 41.5 Å². The third-order valence-corrected chi connectivity index (χ3v) is 4.72. The number of rotatable bonds is 7. The van der Waals surface area contributed by atoms with Gasteiger partial charge in [-0.05, 0) is 41.5 Å². The van der Waals surface area contributed by atoms with Crippen LogP contribution >= 0.6 is 21.6 Å². The van der Waals surface area contributed by atoms with E-state index in [-0.39, 0.29) is 22.9 Å². The zero-order valence-electron chi connectivity index (χ0n) is 14.4. The van der Waals surface area contributed by atoms with Crippen molar-refractivity contribution in [3.8, 4) is 0 Å². The van der Waals surface area contributed by atoms with E-state index in [1.165, 1.54) is 21.6 Å². The lowest BCUT2D eigenvalue weighted by molar-refractivity contribution is -0.124. The number of amides is 2. The van der Waals surface area contributed by atoms with Crippen molar-refractivity contribution >= 4 is 33.4 Å². The van der Waals surface area contributed by atoms with E-state index >= 15 is 0 Å². The highest BCUT2D eigenvalue weighted by Crippen LogP contribution is 2.22. The van der Waals surface area contributed by atoms with Crippen LogP contribution in [0.4, 0.5) is 0 Å². The summed E-state index contributed by atoms with van der Waals surface area (Å²) in [7, 11) is 2.90. The molecule has 0 aromatic heterocycles. The average molecular weight is 351 g/mol. The highest BCUT2D eigenvalue weighted by Gasteiger charge is 2.21. The Kier molecular flexibility index (Phi) is 8.82. The molecule has 0 unspecified atom stereocenters. The molecule has 130 valence electrons. The Morgan fingerprint density at radius 2 is 1.09 bits per heavy atom. The fraction of sp³-hybridized carbons (Fsp3) is 0.857. The minimum Gasteiger partial charge on any atom is -0.350 e. The molecule has 0 spiro atoms. The zero-order chi connectivity index (χ0) is 17.6. The Bertz CT molecular complexity index is 342. The molecule has 0 aliphatic rings. The molecule has 6 N–H and O–H groups in total. The van der Waals surface area contributed by atoms with Gasteiger partial charge in [0.15, 0.2) is 0 Å². The van der Waals surface area contributed by atoms with Crippen LogP contribution in [0.25, 0.3) is 0 Å². The summed E-state index contributed by atoms with van der Waals surface area (Å²) < 4.78 is 0. The van der Waals surface area contributed by atoms with Gasteiger partial charge in [-0.25, -0.2) is 0 Å². The van der Waals surface area contributed by atoms with Gasteiger partial charge in [0, 0.05) is 22.6 Å². The maximum absolute atomic E-state index is 11.8. The van der Waals surface area contributed by atoms with E-state index in [0.717, 1.165) is 0 Å². The molecule has 0 aromatic rings. The molecule has 2 amide bonds. The van der Waals surface area contributed by atoms with Gasteiger partial charge in [-0.15, -0.1) is 0 Å². The van der Waals surface area contributed by atoms with E-state index in [2.05, 4.69) is 10.6 Å². The summed E-state index contributed by atoms with van der Waals surface area (Å²) in [5.41, 5.74) is 11.1. The van der Waals surface area contributed by atoms with Crippen LogP contribution < -0.4 is 22.1 Å². The summed E-state index contributed by atoms with van der Waals surface area (Å²) in [5.74, 6) is 0.603. The van der Waals surface area contributed by atoms with Crippen LogP contribution in [0, 0.1) is 0 Å². The number of hydrogen-bond donors (Lipinski definition) is 4. The van der Waals surface area contributed by atoms with Crippen molar-refractivity contribution in [3.63, 3.8) is 0 Å². The molecular weight excluding hydrogens is 320 g/mol. The first kappa shape index (κ1) is 21.6. The molecule has 0 saturated carbocycles. The second-order valence-corrected chi connectivity index (χ2v) is 9.81. The van der Waals surface area contributed by atoms with Crippen molar-refractivity contribution in [2.24, 2.45) is 11.5 Å². The third-order valence-electron chi connectivity index (χ3n) is 2.25. The molecule has 0 saturated heterocycles. The quantitative estimate of drug-likeness (QED) is 0.400. The molecule has 0 bridgehead atoms. The maximum Gasteiger partial charge on any atom is 0.238 e. The van der Waals surface area contributed by atoms with Gasteiger partial charge in [0.05, 0.1) is 12.1 Å². The lowest BCUT2D eigenvalue weighted by Gasteiger charge is -2.23. The molecule has 0 aliphatic carbocycles. The molecule has 0 fully saturated rings. The van der Waals surface area contributed by atoms with Gasteiger partial charge in [-0.1, -0.05) is 21.6 Å². The van der Waals surface area contributed by atoms with Gasteiger partial charge < -0.3 is 22.1 Å². The predicted octanol–water partition coefficient (Wildman–Crippen LogP) is 0.852.